The minimum Gasteiger partial charge on any atom is -0.464 e. The van der Waals surface area contributed by atoms with Gasteiger partial charge in [-0.1, -0.05) is 12.1 Å². The third-order valence-electron chi connectivity index (χ3n) is 2.51. The molecular weight excluding hydrogens is 188 g/mol. The first-order valence-electron chi connectivity index (χ1n) is 5.15. The summed E-state index contributed by atoms with van der Waals surface area (Å²) in [5, 5.41) is 10.9. The Kier molecular flexibility index (Phi) is 2.31. The van der Waals surface area contributed by atoms with E-state index < -0.39 is 5.60 Å². The highest BCUT2D eigenvalue weighted by molar-refractivity contribution is 5.84. The number of furan rings is 1. The van der Waals surface area contributed by atoms with Crippen molar-refractivity contribution in [1.82, 2.24) is 0 Å². The molecule has 0 saturated heterocycles. The minimum absolute atomic E-state index is 0.616. The molecule has 0 radical (unpaired) electrons. The van der Waals surface area contributed by atoms with Crippen LogP contribution in [-0.4, -0.2) is 10.7 Å². The second kappa shape index (κ2) is 3.38. The molecule has 0 atom stereocenters. The van der Waals surface area contributed by atoms with Gasteiger partial charge >= 0.3 is 0 Å². The van der Waals surface area contributed by atoms with Crippen LogP contribution in [0.5, 0.6) is 0 Å². The van der Waals surface area contributed by atoms with E-state index in [0.29, 0.717) is 6.42 Å². The quantitative estimate of drug-likeness (QED) is 0.815. The monoisotopic (exact) mass is 204 g/mol. The lowest BCUT2D eigenvalue weighted by molar-refractivity contribution is 0.0811. The van der Waals surface area contributed by atoms with E-state index in [1.807, 2.05) is 26.0 Å². The maximum absolute atomic E-state index is 9.80. The summed E-state index contributed by atoms with van der Waals surface area (Å²) < 4.78 is 5.46. The molecule has 15 heavy (non-hydrogen) atoms. The molecule has 2 rings (SSSR count). The van der Waals surface area contributed by atoms with Crippen LogP contribution in [0.2, 0.25) is 0 Å². The summed E-state index contributed by atoms with van der Waals surface area (Å²) in [4.78, 5) is 0. The minimum atomic E-state index is -0.695. The highest BCUT2D eigenvalue weighted by atomic mass is 16.3. The average Bonchev–Trinajstić information content (AvgIpc) is 2.47. The fraction of sp³-hybridized carbons (Fsp3) is 0.385. The van der Waals surface area contributed by atoms with E-state index in [4.69, 9.17) is 4.42 Å². The van der Waals surface area contributed by atoms with Gasteiger partial charge in [-0.05, 0) is 32.4 Å². The van der Waals surface area contributed by atoms with Crippen LogP contribution in [-0.2, 0) is 6.42 Å². The maximum atomic E-state index is 9.80. The summed E-state index contributed by atoms with van der Waals surface area (Å²) in [6, 6.07) is 6.00. The van der Waals surface area contributed by atoms with Crippen LogP contribution >= 0.6 is 0 Å². The van der Waals surface area contributed by atoms with Crippen LogP contribution in [0.1, 0.15) is 25.0 Å². The van der Waals surface area contributed by atoms with Crippen molar-refractivity contribution in [2.75, 3.05) is 0 Å². The third-order valence-corrected chi connectivity index (χ3v) is 2.51. The van der Waals surface area contributed by atoms with Gasteiger partial charge in [0.25, 0.3) is 0 Å². The molecule has 0 unspecified atom stereocenters. The molecule has 2 heteroatoms. The van der Waals surface area contributed by atoms with Crippen molar-refractivity contribution < 1.29 is 9.52 Å². The predicted molar refractivity (Wildman–Crippen MR) is 61.0 cm³/mol. The molecule has 0 bridgehead atoms. The predicted octanol–water partition coefficient (Wildman–Crippen LogP) is 3.05. The lowest BCUT2D eigenvalue weighted by Crippen LogP contribution is -2.21. The Balaban J connectivity index is 2.53. The summed E-state index contributed by atoms with van der Waals surface area (Å²) in [6.45, 7) is 5.68. The van der Waals surface area contributed by atoms with Crippen molar-refractivity contribution in [2.45, 2.75) is 32.8 Å². The second-order valence-electron chi connectivity index (χ2n) is 4.70. The van der Waals surface area contributed by atoms with Crippen molar-refractivity contribution >= 4 is 11.0 Å². The number of fused-ring (bicyclic) bond motifs is 1. The van der Waals surface area contributed by atoms with Gasteiger partial charge in [0.2, 0.25) is 0 Å². The Morgan fingerprint density at radius 3 is 2.73 bits per heavy atom. The largest absolute Gasteiger partial charge is 0.464 e. The van der Waals surface area contributed by atoms with E-state index in [1.54, 1.807) is 6.26 Å². The second-order valence-corrected chi connectivity index (χ2v) is 4.70. The molecule has 1 N–H and O–H groups in total. The van der Waals surface area contributed by atoms with E-state index >= 15 is 0 Å². The van der Waals surface area contributed by atoms with E-state index in [1.165, 1.54) is 5.56 Å². The molecule has 1 heterocycles. The molecule has 80 valence electrons. The van der Waals surface area contributed by atoms with Gasteiger partial charge in [-0.2, -0.15) is 0 Å². The third kappa shape index (κ3) is 2.05. The van der Waals surface area contributed by atoms with Gasteiger partial charge in [0.15, 0.2) is 0 Å². The summed E-state index contributed by atoms with van der Waals surface area (Å²) in [5.41, 5.74) is 2.48. The first-order valence-corrected chi connectivity index (χ1v) is 5.15. The topological polar surface area (TPSA) is 33.4 Å². The molecule has 1 aromatic carbocycles. The normalized spacial score (nSPS) is 12.3. The van der Waals surface area contributed by atoms with Crippen LogP contribution in [0.4, 0.5) is 0 Å². The first-order chi connectivity index (χ1) is 6.97. The van der Waals surface area contributed by atoms with Gasteiger partial charge in [0.1, 0.15) is 5.58 Å². The zero-order valence-corrected chi connectivity index (χ0v) is 9.37. The molecule has 0 aliphatic rings. The smallest absolute Gasteiger partial charge is 0.134 e. The van der Waals surface area contributed by atoms with Crippen molar-refractivity contribution in [2.24, 2.45) is 0 Å². The van der Waals surface area contributed by atoms with E-state index in [-0.39, 0.29) is 0 Å². The van der Waals surface area contributed by atoms with Gasteiger partial charge < -0.3 is 9.52 Å². The van der Waals surface area contributed by atoms with Crippen molar-refractivity contribution in [1.29, 1.82) is 0 Å². The standard InChI is InChI=1S/C13H16O2/c1-9-5-4-6-11-12(9)10(8-15-11)7-13(2,3)14/h4-6,8,14H,7H2,1-3H3. The zero-order valence-electron chi connectivity index (χ0n) is 9.37. The van der Waals surface area contributed by atoms with Crippen molar-refractivity contribution in [3.8, 4) is 0 Å². The number of aliphatic hydroxyl groups is 1. The zero-order chi connectivity index (χ0) is 11.1. The molecule has 0 fully saturated rings. The molecule has 2 nitrogen and oxygen atoms in total. The SMILES string of the molecule is Cc1cccc2occ(CC(C)(C)O)c12. The Hall–Kier alpha value is -1.28. The van der Waals surface area contributed by atoms with E-state index in [2.05, 4.69) is 13.0 Å². The van der Waals surface area contributed by atoms with E-state index in [0.717, 1.165) is 16.5 Å². The lowest BCUT2D eigenvalue weighted by atomic mass is 9.97. The van der Waals surface area contributed by atoms with E-state index in [9.17, 15) is 5.11 Å². The van der Waals surface area contributed by atoms with Crippen molar-refractivity contribution in [3.63, 3.8) is 0 Å². The molecular formula is C13H16O2. The summed E-state index contributed by atoms with van der Waals surface area (Å²) >= 11 is 0. The molecule has 2 aromatic rings. The van der Waals surface area contributed by atoms with Gasteiger partial charge in [-0.3, -0.25) is 0 Å². The Morgan fingerprint density at radius 1 is 1.33 bits per heavy atom. The Morgan fingerprint density at radius 2 is 2.07 bits per heavy atom. The maximum Gasteiger partial charge on any atom is 0.134 e. The summed E-state index contributed by atoms with van der Waals surface area (Å²) in [6.07, 6.45) is 2.36. The highest BCUT2D eigenvalue weighted by Gasteiger charge is 2.17. The Bertz CT molecular complexity index is 475. The van der Waals surface area contributed by atoms with Gasteiger partial charge in [0, 0.05) is 17.4 Å². The molecule has 1 aromatic heterocycles. The van der Waals surface area contributed by atoms with Gasteiger partial charge in [0.05, 0.1) is 11.9 Å². The summed E-state index contributed by atoms with van der Waals surface area (Å²) in [5.74, 6) is 0. The molecule has 0 aliphatic heterocycles. The average molecular weight is 204 g/mol. The van der Waals surface area contributed by atoms with Crippen molar-refractivity contribution in [3.05, 3.63) is 35.6 Å². The molecule has 0 saturated carbocycles. The van der Waals surface area contributed by atoms with Crippen LogP contribution in [0, 0.1) is 6.92 Å². The fourth-order valence-electron chi connectivity index (χ4n) is 1.94. The van der Waals surface area contributed by atoms with Gasteiger partial charge in [-0.25, -0.2) is 0 Å². The highest BCUT2D eigenvalue weighted by Crippen LogP contribution is 2.27. The Labute approximate surface area is 89.5 Å². The van der Waals surface area contributed by atoms with Crippen LogP contribution in [0.25, 0.3) is 11.0 Å². The number of hydrogen-bond donors (Lipinski definition) is 1. The molecule has 0 spiro atoms. The van der Waals surface area contributed by atoms with Crippen LogP contribution in [0.15, 0.2) is 28.9 Å². The number of benzene rings is 1. The fourth-order valence-corrected chi connectivity index (χ4v) is 1.94. The van der Waals surface area contributed by atoms with Gasteiger partial charge in [-0.15, -0.1) is 0 Å². The number of rotatable bonds is 2. The lowest BCUT2D eigenvalue weighted by Gasteiger charge is -2.15. The number of aryl methyl sites for hydroxylation is 1. The molecule has 0 aliphatic carbocycles. The number of hydrogen-bond acceptors (Lipinski definition) is 2. The van der Waals surface area contributed by atoms with Crippen LogP contribution < -0.4 is 0 Å². The first kappa shape index (κ1) is 10.2. The molecule has 0 amide bonds. The van der Waals surface area contributed by atoms with Crippen LogP contribution in [0.3, 0.4) is 0 Å². The summed E-state index contributed by atoms with van der Waals surface area (Å²) in [7, 11) is 0.